The SMILES string of the molecule is Nc1cn(CC(=O)Nc2ccccc2)c(=O)[nH]c1=O. The van der Waals surface area contributed by atoms with Crippen LogP contribution < -0.4 is 22.3 Å². The van der Waals surface area contributed by atoms with Gasteiger partial charge in [-0.1, -0.05) is 18.2 Å². The van der Waals surface area contributed by atoms with Crippen molar-refractivity contribution in [2.75, 3.05) is 11.1 Å². The summed E-state index contributed by atoms with van der Waals surface area (Å²) < 4.78 is 1.04. The lowest BCUT2D eigenvalue weighted by Crippen LogP contribution is -2.34. The number of carbonyl (C=O) groups excluding carboxylic acids is 1. The number of nitrogens with zero attached hydrogens (tertiary/aromatic N) is 1. The van der Waals surface area contributed by atoms with E-state index in [-0.39, 0.29) is 18.1 Å². The first-order valence-electron chi connectivity index (χ1n) is 5.50. The summed E-state index contributed by atoms with van der Waals surface area (Å²) in [5.41, 5.74) is 4.55. The first-order valence-corrected chi connectivity index (χ1v) is 5.50. The summed E-state index contributed by atoms with van der Waals surface area (Å²) in [6.07, 6.45) is 1.14. The largest absolute Gasteiger partial charge is 0.393 e. The highest BCUT2D eigenvalue weighted by molar-refractivity contribution is 5.90. The third-order valence-electron chi connectivity index (χ3n) is 2.41. The zero-order valence-electron chi connectivity index (χ0n) is 9.92. The lowest BCUT2D eigenvalue weighted by Gasteiger charge is -2.07. The Morgan fingerprint density at radius 3 is 2.63 bits per heavy atom. The van der Waals surface area contributed by atoms with Gasteiger partial charge in [-0.25, -0.2) is 4.79 Å². The highest BCUT2D eigenvalue weighted by atomic mass is 16.2. The maximum atomic E-state index is 11.7. The number of nitrogens with one attached hydrogen (secondary N) is 2. The van der Waals surface area contributed by atoms with Crippen LogP contribution in [-0.4, -0.2) is 15.5 Å². The van der Waals surface area contributed by atoms with Crippen molar-refractivity contribution in [3.8, 4) is 0 Å². The average molecular weight is 260 g/mol. The smallest absolute Gasteiger partial charge is 0.328 e. The molecule has 0 radical (unpaired) electrons. The van der Waals surface area contributed by atoms with Gasteiger partial charge in [0.25, 0.3) is 5.56 Å². The number of hydrogen-bond acceptors (Lipinski definition) is 4. The average Bonchev–Trinajstić information content (AvgIpc) is 2.37. The number of aromatic nitrogens is 2. The number of H-pyrrole nitrogens is 1. The van der Waals surface area contributed by atoms with Crippen LogP contribution in [0.2, 0.25) is 0 Å². The Morgan fingerprint density at radius 2 is 1.95 bits per heavy atom. The molecule has 4 N–H and O–H groups in total. The standard InChI is InChI=1S/C12H12N4O3/c13-9-6-16(12(19)15-11(9)18)7-10(17)14-8-4-2-1-3-5-8/h1-6H,7,13H2,(H,14,17)(H,15,18,19). The lowest BCUT2D eigenvalue weighted by molar-refractivity contribution is -0.116. The Labute approximate surface area is 107 Å². The number of aromatic amines is 1. The van der Waals surface area contributed by atoms with E-state index in [9.17, 15) is 14.4 Å². The van der Waals surface area contributed by atoms with Crippen molar-refractivity contribution in [2.45, 2.75) is 6.54 Å². The van der Waals surface area contributed by atoms with Crippen molar-refractivity contribution in [2.24, 2.45) is 0 Å². The molecule has 0 spiro atoms. The molecule has 1 heterocycles. The van der Waals surface area contributed by atoms with E-state index in [1.807, 2.05) is 11.1 Å². The first-order chi connectivity index (χ1) is 9.06. The van der Waals surface area contributed by atoms with Crippen molar-refractivity contribution < 1.29 is 4.79 Å². The summed E-state index contributed by atoms with van der Waals surface area (Å²) in [6.45, 7) is -0.227. The molecule has 7 heteroatoms. The third-order valence-corrected chi connectivity index (χ3v) is 2.41. The van der Waals surface area contributed by atoms with Gasteiger partial charge < -0.3 is 11.1 Å². The topological polar surface area (TPSA) is 110 Å². The van der Waals surface area contributed by atoms with Crippen LogP contribution in [-0.2, 0) is 11.3 Å². The number of carbonyl (C=O) groups is 1. The predicted molar refractivity (Wildman–Crippen MR) is 70.8 cm³/mol. The fourth-order valence-corrected chi connectivity index (χ4v) is 1.52. The van der Waals surface area contributed by atoms with Gasteiger partial charge in [0.2, 0.25) is 5.91 Å². The van der Waals surface area contributed by atoms with E-state index < -0.39 is 11.2 Å². The summed E-state index contributed by atoms with van der Waals surface area (Å²) in [5.74, 6) is -0.389. The molecule has 0 bridgehead atoms. The Bertz CT molecular complexity index is 703. The lowest BCUT2D eigenvalue weighted by atomic mass is 10.3. The van der Waals surface area contributed by atoms with Crippen LogP contribution in [0.1, 0.15) is 0 Å². The zero-order valence-corrected chi connectivity index (χ0v) is 9.92. The number of nitrogens with two attached hydrogens (primary N) is 1. The molecule has 2 rings (SSSR count). The molecule has 0 saturated heterocycles. The molecule has 0 fully saturated rings. The Hall–Kier alpha value is -2.83. The molecule has 7 nitrogen and oxygen atoms in total. The molecular formula is C12H12N4O3. The monoisotopic (exact) mass is 260 g/mol. The minimum absolute atomic E-state index is 0.118. The number of para-hydroxylation sites is 1. The molecule has 1 aromatic carbocycles. The fourth-order valence-electron chi connectivity index (χ4n) is 1.52. The van der Waals surface area contributed by atoms with Gasteiger partial charge in [0.1, 0.15) is 12.2 Å². The van der Waals surface area contributed by atoms with E-state index in [2.05, 4.69) is 5.32 Å². The van der Waals surface area contributed by atoms with Gasteiger partial charge in [0.15, 0.2) is 0 Å². The highest BCUT2D eigenvalue weighted by Crippen LogP contribution is 2.04. The minimum Gasteiger partial charge on any atom is -0.393 e. The van der Waals surface area contributed by atoms with Crippen molar-refractivity contribution in [1.82, 2.24) is 9.55 Å². The second-order valence-electron chi connectivity index (χ2n) is 3.89. The molecular weight excluding hydrogens is 248 g/mol. The van der Waals surface area contributed by atoms with Crippen molar-refractivity contribution >= 4 is 17.3 Å². The normalized spacial score (nSPS) is 10.1. The number of benzene rings is 1. The maximum absolute atomic E-state index is 11.7. The third kappa shape index (κ3) is 3.09. The molecule has 0 unspecified atom stereocenters. The number of nitrogen functional groups attached to an aromatic ring is 1. The Balaban J connectivity index is 2.14. The summed E-state index contributed by atoms with van der Waals surface area (Å²) >= 11 is 0. The van der Waals surface area contributed by atoms with Gasteiger partial charge in [-0.15, -0.1) is 0 Å². The number of amides is 1. The van der Waals surface area contributed by atoms with Crippen LogP contribution in [0.25, 0.3) is 0 Å². The van der Waals surface area contributed by atoms with E-state index in [0.717, 1.165) is 10.8 Å². The van der Waals surface area contributed by atoms with Crippen LogP contribution in [0.15, 0.2) is 46.1 Å². The van der Waals surface area contributed by atoms with Crippen LogP contribution in [0.5, 0.6) is 0 Å². The van der Waals surface area contributed by atoms with Gasteiger partial charge in [-0.2, -0.15) is 0 Å². The Kier molecular flexibility index (Phi) is 3.46. The van der Waals surface area contributed by atoms with Crippen molar-refractivity contribution in [3.05, 3.63) is 57.4 Å². The molecule has 19 heavy (non-hydrogen) atoms. The van der Waals surface area contributed by atoms with Crippen LogP contribution >= 0.6 is 0 Å². The van der Waals surface area contributed by atoms with Gasteiger partial charge in [-0.05, 0) is 12.1 Å². The first kappa shape index (κ1) is 12.6. The maximum Gasteiger partial charge on any atom is 0.328 e. The van der Waals surface area contributed by atoms with Crippen molar-refractivity contribution in [3.63, 3.8) is 0 Å². The van der Waals surface area contributed by atoms with Crippen molar-refractivity contribution in [1.29, 1.82) is 0 Å². The van der Waals surface area contributed by atoms with Crippen LogP contribution in [0, 0.1) is 0 Å². The fraction of sp³-hybridized carbons (Fsp3) is 0.0833. The second-order valence-corrected chi connectivity index (χ2v) is 3.89. The van der Waals surface area contributed by atoms with Gasteiger partial charge in [0.05, 0.1) is 0 Å². The molecule has 0 saturated carbocycles. The molecule has 98 valence electrons. The van der Waals surface area contributed by atoms with Gasteiger partial charge in [-0.3, -0.25) is 19.1 Å². The number of anilines is 2. The molecule has 1 amide bonds. The van der Waals surface area contributed by atoms with E-state index in [1.165, 1.54) is 0 Å². The number of hydrogen-bond donors (Lipinski definition) is 3. The molecule has 0 aliphatic heterocycles. The molecule has 2 aromatic rings. The predicted octanol–water partition coefficient (Wildman–Crippen LogP) is -0.243. The minimum atomic E-state index is -0.678. The van der Waals surface area contributed by atoms with Crippen LogP contribution in [0.3, 0.4) is 0 Å². The molecule has 0 aliphatic rings. The summed E-state index contributed by atoms with van der Waals surface area (Å²) in [6, 6.07) is 8.83. The molecule has 0 aliphatic carbocycles. The summed E-state index contributed by atoms with van der Waals surface area (Å²) in [7, 11) is 0. The van der Waals surface area contributed by atoms with Gasteiger partial charge in [0, 0.05) is 11.9 Å². The summed E-state index contributed by atoms with van der Waals surface area (Å²) in [4.78, 5) is 36.3. The van der Waals surface area contributed by atoms with E-state index in [1.54, 1.807) is 24.3 Å². The zero-order chi connectivity index (χ0) is 13.8. The van der Waals surface area contributed by atoms with E-state index in [4.69, 9.17) is 5.73 Å². The van der Waals surface area contributed by atoms with Gasteiger partial charge >= 0.3 is 5.69 Å². The Morgan fingerprint density at radius 1 is 1.26 bits per heavy atom. The molecule has 0 atom stereocenters. The quantitative estimate of drug-likeness (QED) is 0.707. The van der Waals surface area contributed by atoms with Crippen LogP contribution in [0.4, 0.5) is 11.4 Å². The highest BCUT2D eigenvalue weighted by Gasteiger charge is 2.07. The second kappa shape index (κ2) is 5.21. The molecule has 1 aromatic heterocycles. The van der Waals surface area contributed by atoms with E-state index >= 15 is 0 Å². The van der Waals surface area contributed by atoms with E-state index in [0.29, 0.717) is 5.69 Å². The summed E-state index contributed by atoms with van der Waals surface area (Å²) in [5, 5.41) is 2.62. The number of rotatable bonds is 3.